The minimum Gasteiger partial charge on any atom is -0.354 e. The second kappa shape index (κ2) is 24.7. The lowest BCUT2D eigenvalue weighted by molar-refractivity contribution is 1.13. The van der Waals surface area contributed by atoms with Crippen molar-refractivity contribution >= 4 is 81.3 Å². The summed E-state index contributed by atoms with van der Waals surface area (Å²) < 4.78 is 8.19. The first-order valence-corrected chi connectivity index (χ1v) is 31.8. The number of pyridine rings is 4. The number of hydrogen-bond acceptors (Lipinski definition) is 4. The lowest BCUT2D eigenvalue weighted by Crippen LogP contribution is -1.98. The summed E-state index contributed by atoms with van der Waals surface area (Å²) in [7, 11) is 0. The molecule has 0 aliphatic carbocycles. The monoisotopic (exact) mass is 1260 g/mol. The van der Waals surface area contributed by atoms with Crippen LogP contribution in [-0.2, 0) is 0 Å². The lowest BCUT2D eigenvalue weighted by Gasteiger charge is -2.14. The Kier molecular flexibility index (Phi) is 15.0. The van der Waals surface area contributed by atoms with E-state index in [2.05, 4.69) is 299 Å². The highest BCUT2D eigenvalue weighted by Gasteiger charge is 2.22. The summed E-state index contributed by atoms with van der Waals surface area (Å²) in [6.45, 7) is 0. The Labute approximate surface area is 545 Å². The summed E-state index contributed by atoms with van der Waals surface area (Å²) >= 11 is 3.55. The highest BCUT2D eigenvalue weighted by molar-refractivity contribution is 9.10. The topological polar surface area (TPSA) is 82.1 Å². The Morgan fingerprint density at radius 3 is 1.15 bits per heavy atom. The number of aromatic nitrogens is 8. The molecule has 0 bridgehead atoms. The molecule has 0 aliphatic rings. The number of rotatable bonds is 9. The summed E-state index contributed by atoms with van der Waals surface area (Å²) in [4.78, 5) is 21.9. The van der Waals surface area contributed by atoms with E-state index < -0.39 is 0 Å². The average molecular weight is 1260 g/mol. The van der Waals surface area contributed by atoms with Crippen molar-refractivity contribution in [2.24, 2.45) is 0 Å². The number of para-hydroxylation sites is 4. The number of fused-ring (bicyclic) bond motifs is 10. The van der Waals surface area contributed by atoms with Crippen molar-refractivity contribution < 1.29 is 0 Å². The maximum Gasteiger partial charge on any atom is 0.0702 e. The van der Waals surface area contributed by atoms with Gasteiger partial charge in [-0.3, -0.25) is 19.9 Å². The standard InChI is InChI=1S/C42H28N4.C26H18N2.C16H11BrN2/c1-3-13-29(14-4-1)41-28-36-40(45(41)32-15-5-2-6-16-32)22-21-35-34-17-7-8-20-39(34)46(42(35)36)33-26-30(37-18-9-11-23-43-37)25-31(27-33)38-19-10-12-24-44-38;1-3-9-18(10-4-1)25-17-22-24(28(25)19-11-5-2-6-12-19)16-15-21-20-13-7-8-14-23(20)27-26(21)22;17-14-10-12(15-5-1-3-7-18-15)9-13(11-14)16-6-2-4-8-19-16/h1-28H;1-17,27H;1-11H. The van der Waals surface area contributed by atoms with Gasteiger partial charge in [-0.1, -0.05) is 186 Å². The predicted molar refractivity (Wildman–Crippen MR) is 388 cm³/mol. The number of hydrogen-bond donors (Lipinski definition) is 1. The van der Waals surface area contributed by atoms with Crippen molar-refractivity contribution in [1.29, 1.82) is 0 Å². The maximum atomic E-state index is 4.73. The van der Waals surface area contributed by atoms with Crippen LogP contribution in [-0.4, -0.2) is 38.6 Å². The fourth-order valence-electron chi connectivity index (χ4n) is 13.0. The Balaban J connectivity index is 0.000000123. The van der Waals surface area contributed by atoms with Gasteiger partial charge in [-0.05, 0) is 157 Å². The molecule has 93 heavy (non-hydrogen) atoms. The number of halogens is 1. The van der Waals surface area contributed by atoms with Crippen molar-refractivity contribution in [3.05, 3.63) is 345 Å². The van der Waals surface area contributed by atoms with Crippen LogP contribution in [0.3, 0.4) is 0 Å². The van der Waals surface area contributed by atoms with Gasteiger partial charge in [0, 0.05) is 106 Å². The molecule has 18 rings (SSSR count). The molecule has 0 atom stereocenters. The van der Waals surface area contributed by atoms with Gasteiger partial charge in [0.2, 0.25) is 0 Å². The zero-order chi connectivity index (χ0) is 62.0. The average Bonchev–Trinajstić information content (AvgIpc) is 1.58. The zero-order valence-corrected chi connectivity index (χ0v) is 51.9. The van der Waals surface area contributed by atoms with Gasteiger partial charge in [0.15, 0.2) is 0 Å². The first-order valence-electron chi connectivity index (χ1n) is 31.0. The quantitative estimate of drug-likeness (QED) is 0.156. The smallest absolute Gasteiger partial charge is 0.0702 e. The number of benzene rings is 10. The first-order chi connectivity index (χ1) is 46.1. The van der Waals surface area contributed by atoms with Crippen molar-refractivity contribution in [2.45, 2.75) is 0 Å². The van der Waals surface area contributed by atoms with Gasteiger partial charge in [0.1, 0.15) is 0 Å². The molecule has 0 aliphatic heterocycles. The summed E-state index contributed by atoms with van der Waals surface area (Å²) in [6, 6.07) is 110. The van der Waals surface area contributed by atoms with E-state index in [0.717, 1.165) is 77.6 Å². The molecule has 9 heteroatoms. The Bertz CT molecular complexity index is 5540. The van der Waals surface area contributed by atoms with Crippen molar-refractivity contribution in [3.63, 3.8) is 0 Å². The van der Waals surface area contributed by atoms with E-state index in [1.165, 1.54) is 76.9 Å². The summed E-state index contributed by atoms with van der Waals surface area (Å²) in [6.07, 6.45) is 7.31. The Hall–Kier alpha value is -12.0. The molecule has 8 nitrogen and oxygen atoms in total. The molecule has 0 fully saturated rings. The molecule has 8 heterocycles. The third kappa shape index (κ3) is 10.8. The molecule has 18 aromatic rings. The van der Waals surface area contributed by atoms with Crippen LogP contribution in [0.25, 0.3) is 150 Å². The van der Waals surface area contributed by atoms with Crippen LogP contribution >= 0.6 is 15.9 Å². The summed E-state index contributed by atoms with van der Waals surface area (Å²) in [5.41, 5.74) is 23.2. The van der Waals surface area contributed by atoms with Crippen LogP contribution in [0.4, 0.5) is 0 Å². The largest absolute Gasteiger partial charge is 0.354 e. The van der Waals surface area contributed by atoms with Crippen LogP contribution in [0.15, 0.2) is 345 Å². The van der Waals surface area contributed by atoms with E-state index >= 15 is 0 Å². The third-order valence-electron chi connectivity index (χ3n) is 17.2. The van der Waals surface area contributed by atoms with Gasteiger partial charge >= 0.3 is 0 Å². The van der Waals surface area contributed by atoms with Crippen molar-refractivity contribution in [3.8, 4) is 84.6 Å². The van der Waals surface area contributed by atoms with Crippen LogP contribution in [0.2, 0.25) is 0 Å². The van der Waals surface area contributed by atoms with E-state index in [1.807, 2.05) is 73.1 Å². The van der Waals surface area contributed by atoms with E-state index in [1.54, 1.807) is 12.4 Å². The van der Waals surface area contributed by atoms with Crippen LogP contribution in [0.5, 0.6) is 0 Å². The Morgan fingerprint density at radius 1 is 0.258 bits per heavy atom. The number of nitrogens with one attached hydrogen (secondary N) is 1. The Morgan fingerprint density at radius 2 is 0.656 bits per heavy atom. The van der Waals surface area contributed by atoms with Gasteiger partial charge in [-0.25, -0.2) is 0 Å². The summed E-state index contributed by atoms with van der Waals surface area (Å²) in [5.74, 6) is 0. The third-order valence-corrected chi connectivity index (χ3v) is 17.6. The van der Waals surface area contributed by atoms with E-state index in [0.29, 0.717) is 0 Å². The molecule has 8 aromatic heterocycles. The van der Waals surface area contributed by atoms with Gasteiger partial charge in [-0.2, -0.15) is 0 Å². The molecule has 0 saturated heterocycles. The highest BCUT2D eigenvalue weighted by Crippen LogP contribution is 2.43. The van der Waals surface area contributed by atoms with Gasteiger partial charge in [0.05, 0.1) is 61.7 Å². The second-order valence-corrected chi connectivity index (χ2v) is 23.7. The molecular weight excluding hydrogens is 1200 g/mol. The number of nitrogens with zero attached hydrogens (tertiary/aromatic N) is 7. The molecule has 10 aromatic carbocycles. The fraction of sp³-hybridized carbons (Fsp3) is 0. The molecule has 0 saturated carbocycles. The highest BCUT2D eigenvalue weighted by atomic mass is 79.9. The fourth-order valence-corrected chi connectivity index (χ4v) is 13.5. The van der Waals surface area contributed by atoms with E-state index in [-0.39, 0.29) is 0 Å². The molecular formula is C84H57BrN8. The van der Waals surface area contributed by atoms with E-state index in [4.69, 9.17) is 9.97 Å². The molecule has 0 radical (unpaired) electrons. The predicted octanol–water partition coefficient (Wildman–Crippen LogP) is 22.0. The molecule has 0 unspecified atom stereocenters. The summed E-state index contributed by atoms with van der Waals surface area (Å²) in [5, 5.41) is 7.42. The van der Waals surface area contributed by atoms with Crippen LogP contribution in [0, 0.1) is 0 Å². The van der Waals surface area contributed by atoms with Crippen molar-refractivity contribution in [1.82, 2.24) is 38.6 Å². The molecule has 0 amide bonds. The normalized spacial score (nSPS) is 11.3. The van der Waals surface area contributed by atoms with Gasteiger partial charge in [-0.15, -0.1) is 0 Å². The van der Waals surface area contributed by atoms with Crippen molar-refractivity contribution in [2.75, 3.05) is 0 Å². The van der Waals surface area contributed by atoms with Crippen LogP contribution < -0.4 is 0 Å². The first kappa shape index (κ1) is 56.2. The van der Waals surface area contributed by atoms with Crippen LogP contribution in [0.1, 0.15) is 0 Å². The van der Waals surface area contributed by atoms with Gasteiger partial charge in [0.25, 0.3) is 0 Å². The molecule has 1 N–H and O–H groups in total. The lowest BCUT2D eigenvalue weighted by atomic mass is 10.0. The van der Waals surface area contributed by atoms with E-state index in [9.17, 15) is 0 Å². The molecule has 0 spiro atoms. The zero-order valence-electron chi connectivity index (χ0n) is 50.3. The number of aromatic amines is 1. The maximum absolute atomic E-state index is 4.73. The SMILES string of the molecule is Brc1cc(-c2ccccn2)cc(-c2ccccn2)c1.c1ccc(-c2cc3c(ccc4c5ccccc5n(-c5cc(-c6ccccn6)cc(-c6ccccn6)c5)c43)n2-c2ccccc2)cc1.c1ccc(-c2cc3c4[nH]c5ccccc5c4ccc3n2-c2ccccc2)cc1. The number of H-pyrrole nitrogens is 1. The minimum atomic E-state index is 0.925. The molecule has 440 valence electrons. The van der Waals surface area contributed by atoms with Gasteiger partial charge < -0.3 is 18.7 Å². The second-order valence-electron chi connectivity index (χ2n) is 22.8. The minimum absolute atomic E-state index is 0.925.